The maximum atomic E-state index is 5.98. The Bertz CT molecular complexity index is 271. The Labute approximate surface area is 78.6 Å². The minimum Gasteiger partial charge on any atom is -0.333 e. The van der Waals surface area contributed by atoms with Crippen molar-refractivity contribution < 1.29 is 0 Å². The van der Waals surface area contributed by atoms with Crippen LogP contribution in [0.5, 0.6) is 0 Å². The predicted molar refractivity (Wildman–Crippen MR) is 51.6 cm³/mol. The van der Waals surface area contributed by atoms with Crippen molar-refractivity contribution in [2.75, 3.05) is 0 Å². The van der Waals surface area contributed by atoms with Crippen LogP contribution in [0.3, 0.4) is 0 Å². The average molecular weight is 187 g/mol. The highest BCUT2D eigenvalue weighted by Crippen LogP contribution is 2.28. The van der Waals surface area contributed by atoms with E-state index in [0.29, 0.717) is 5.15 Å². The quantitative estimate of drug-likeness (QED) is 0.660. The Kier molecular flexibility index (Phi) is 2.47. The third-order valence-electron chi connectivity index (χ3n) is 1.84. The number of nitrogens with zero attached hydrogens (tertiary/aromatic N) is 2. The largest absolute Gasteiger partial charge is 0.333 e. The van der Waals surface area contributed by atoms with E-state index in [1.165, 1.54) is 0 Å². The van der Waals surface area contributed by atoms with Gasteiger partial charge in [0.15, 0.2) is 5.15 Å². The number of aryl methyl sites for hydroxylation is 1. The Morgan fingerprint density at radius 3 is 2.42 bits per heavy atom. The molecule has 0 N–H and O–H groups in total. The van der Waals surface area contributed by atoms with Crippen LogP contribution in [0.1, 0.15) is 33.4 Å². The van der Waals surface area contributed by atoms with Crippen molar-refractivity contribution >= 4 is 11.6 Å². The van der Waals surface area contributed by atoms with Gasteiger partial charge >= 0.3 is 0 Å². The van der Waals surface area contributed by atoms with E-state index in [2.05, 4.69) is 37.2 Å². The van der Waals surface area contributed by atoms with Crippen LogP contribution in [0.2, 0.25) is 5.15 Å². The second-order valence-electron chi connectivity index (χ2n) is 3.92. The van der Waals surface area contributed by atoms with Crippen LogP contribution in [0.4, 0.5) is 0 Å². The van der Waals surface area contributed by atoms with Crippen molar-refractivity contribution in [3.8, 4) is 0 Å². The Morgan fingerprint density at radius 1 is 1.50 bits per heavy atom. The summed E-state index contributed by atoms with van der Waals surface area (Å²) in [4.78, 5) is 4.08. The van der Waals surface area contributed by atoms with E-state index in [4.69, 9.17) is 11.6 Å². The summed E-state index contributed by atoms with van der Waals surface area (Å²) < 4.78 is 2.09. The molecule has 0 spiro atoms. The summed E-state index contributed by atoms with van der Waals surface area (Å²) in [7, 11) is 0. The van der Waals surface area contributed by atoms with Gasteiger partial charge in [0.25, 0.3) is 0 Å². The van der Waals surface area contributed by atoms with Gasteiger partial charge < -0.3 is 4.57 Å². The van der Waals surface area contributed by atoms with Crippen molar-refractivity contribution in [2.24, 2.45) is 0 Å². The first kappa shape index (κ1) is 9.59. The molecule has 0 aliphatic heterocycles. The Hall–Kier alpha value is -0.500. The monoisotopic (exact) mass is 186 g/mol. The molecule has 0 saturated carbocycles. The molecular weight excluding hydrogens is 172 g/mol. The SMILES string of the molecule is CCn1cnc(Cl)c1C(C)(C)C. The standard InChI is InChI=1S/C9H15ClN2/c1-5-12-6-11-8(10)7(12)9(2,3)4/h6H,5H2,1-4H3. The zero-order valence-corrected chi connectivity index (χ0v) is 8.81. The van der Waals surface area contributed by atoms with Gasteiger partial charge in [-0.2, -0.15) is 0 Å². The van der Waals surface area contributed by atoms with Gasteiger partial charge in [0, 0.05) is 12.0 Å². The highest BCUT2D eigenvalue weighted by molar-refractivity contribution is 6.30. The second-order valence-corrected chi connectivity index (χ2v) is 4.28. The maximum absolute atomic E-state index is 5.98. The molecule has 2 nitrogen and oxygen atoms in total. The van der Waals surface area contributed by atoms with Crippen LogP contribution >= 0.6 is 11.6 Å². The smallest absolute Gasteiger partial charge is 0.150 e. The molecule has 0 atom stereocenters. The van der Waals surface area contributed by atoms with Crippen LogP contribution in [0, 0.1) is 0 Å². The second kappa shape index (κ2) is 3.09. The number of hydrogen-bond acceptors (Lipinski definition) is 1. The molecule has 0 bridgehead atoms. The van der Waals surface area contributed by atoms with Gasteiger partial charge in [0.1, 0.15) is 0 Å². The lowest BCUT2D eigenvalue weighted by Crippen LogP contribution is -2.17. The molecule has 0 fully saturated rings. The van der Waals surface area contributed by atoms with Crippen LogP contribution in [-0.4, -0.2) is 9.55 Å². The molecule has 0 radical (unpaired) electrons. The molecule has 1 aromatic rings. The number of aromatic nitrogens is 2. The highest BCUT2D eigenvalue weighted by Gasteiger charge is 2.22. The predicted octanol–water partition coefficient (Wildman–Crippen LogP) is 2.85. The van der Waals surface area contributed by atoms with Crippen LogP contribution in [-0.2, 0) is 12.0 Å². The summed E-state index contributed by atoms with van der Waals surface area (Å²) in [5, 5.41) is 0.629. The van der Waals surface area contributed by atoms with E-state index in [1.807, 2.05) is 0 Å². The van der Waals surface area contributed by atoms with E-state index in [-0.39, 0.29) is 5.41 Å². The fourth-order valence-corrected chi connectivity index (χ4v) is 1.77. The molecule has 0 aromatic carbocycles. The number of rotatable bonds is 1. The van der Waals surface area contributed by atoms with E-state index in [9.17, 15) is 0 Å². The minimum atomic E-state index is 0.0730. The van der Waals surface area contributed by atoms with Crippen molar-refractivity contribution in [1.82, 2.24) is 9.55 Å². The zero-order valence-electron chi connectivity index (χ0n) is 8.06. The van der Waals surface area contributed by atoms with E-state index < -0.39 is 0 Å². The van der Waals surface area contributed by atoms with Gasteiger partial charge in [-0.25, -0.2) is 4.98 Å². The number of hydrogen-bond donors (Lipinski definition) is 0. The van der Waals surface area contributed by atoms with Crippen LogP contribution < -0.4 is 0 Å². The van der Waals surface area contributed by atoms with E-state index in [1.54, 1.807) is 6.33 Å². The molecule has 1 rings (SSSR count). The van der Waals surface area contributed by atoms with Crippen molar-refractivity contribution in [1.29, 1.82) is 0 Å². The summed E-state index contributed by atoms with van der Waals surface area (Å²) in [5.74, 6) is 0. The van der Waals surface area contributed by atoms with Crippen LogP contribution in [0.15, 0.2) is 6.33 Å². The fraction of sp³-hybridized carbons (Fsp3) is 0.667. The van der Waals surface area contributed by atoms with Crippen LogP contribution in [0.25, 0.3) is 0 Å². The van der Waals surface area contributed by atoms with Gasteiger partial charge in [0.05, 0.1) is 12.0 Å². The summed E-state index contributed by atoms with van der Waals surface area (Å²) >= 11 is 5.98. The lowest BCUT2D eigenvalue weighted by atomic mass is 9.92. The van der Waals surface area contributed by atoms with Crippen molar-refractivity contribution in [3.63, 3.8) is 0 Å². The highest BCUT2D eigenvalue weighted by atomic mass is 35.5. The number of halogens is 1. The maximum Gasteiger partial charge on any atom is 0.150 e. The molecule has 1 heterocycles. The molecule has 0 aliphatic carbocycles. The van der Waals surface area contributed by atoms with Gasteiger partial charge in [-0.3, -0.25) is 0 Å². The minimum absolute atomic E-state index is 0.0730. The zero-order chi connectivity index (χ0) is 9.35. The Morgan fingerprint density at radius 2 is 2.08 bits per heavy atom. The molecule has 3 heteroatoms. The van der Waals surface area contributed by atoms with Gasteiger partial charge in [-0.1, -0.05) is 32.4 Å². The summed E-state index contributed by atoms with van der Waals surface area (Å²) in [6, 6.07) is 0. The number of imidazole rings is 1. The third kappa shape index (κ3) is 1.63. The summed E-state index contributed by atoms with van der Waals surface area (Å²) in [6.45, 7) is 9.44. The third-order valence-corrected chi connectivity index (χ3v) is 2.12. The van der Waals surface area contributed by atoms with E-state index in [0.717, 1.165) is 12.2 Å². The van der Waals surface area contributed by atoms with Gasteiger partial charge in [-0.05, 0) is 6.92 Å². The lowest BCUT2D eigenvalue weighted by Gasteiger charge is -2.20. The lowest BCUT2D eigenvalue weighted by molar-refractivity contribution is 0.526. The summed E-state index contributed by atoms with van der Waals surface area (Å²) in [6.07, 6.45) is 1.79. The molecule has 68 valence electrons. The normalized spacial score (nSPS) is 12.1. The molecule has 0 aliphatic rings. The van der Waals surface area contributed by atoms with Gasteiger partial charge in [0.2, 0.25) is 0 Å². The first-order valence-electron chi connectivity index (χ1n) is 4.18. The summed E-state index contributed by atoms with van der Waals surface area (Å²) in [5.41, 5.74) is 1.19. The molecule has 0 saturated heterocycles. The Balaban J connectivity index is 3.19. The molecule has 0 amide bonds. The average Bonchev–Trinajstić information content (AvgIpc) is 2.29. The molecule has 0 unspecified atom stereocenters. The molecule has 12 heavy (non-hydrogen) atoms. The molecular formula is C9H15ClN2. The van der Waals surface area contributed by atoms with Crippen molar-refractivity contribution in [3.05, 3.63) is 17.2 Å². The first-order chi connectivity index (χ1) is 5.46. The fourth-order valence-electron chi connectivity index (χ4n) is 1.34. The van der Waals surface area contributed by atoms with E-state index >= 15 is 0 Å². The molecule has 1 aromatic heterocycles. The van der Waals surface area contributed by atoms with Crippen molar-refractivity contribution in [2.45, 2.75) is 39.7 Å². The van der Waals surface area contributed by atoms with Gasteiger partial charge in [-0.15, -0.1) is 0 Å². The topological polar surface area (TPSA) is 17.8 Å². The first-order valence-corrected chi connectivity index (χ1v) is 4.55.